The van der Waals surface area contributed by atoms with E-state index >= 15 is 0 Å². The molecule has 5 rings (SSSR count). The van der Waals surface area contributed by atoms with Crippen LogP contribution in [0.4, 0.5) is 0 Å². The first-order chi connectivity index (χ1) is 18.6. The van der Waals surface area contributed by atoms with Crippen LogP contribution in [0.3, 0.4) is 0 Å². The third-order valence-electron chi connectivity index (χ3n) is 7.25. The van der Waals surface area contributed by atoms with E-state index in [4.69, 9.17) is 30.0 Å². The van der Waals surface area contributed by atoms with Gasteiger partial charge in [-0.2, -0.15) is 0 Å². The highest BCUT2D eigenvalue weighted by molar-refractivity contribution is 5.96. The molecule has 4 N–H and O–H groups in total. The maximum atomic E-state index is 13.2. The van der Waals surface area contributed by atoms with E-state index < -0.39 is 11.1 Å². The maximum Gasteiger partial charge on any atom is 0.163 e. The van der Waals surface area contributed by atoms with Crippen LogP contribution in [-0.2, 0) is 11.1 Å². The molecule has 1 aromatic heterocycles. The number of aliphatic hydroxyl groups is 2. The highest BCUT2D eigenvalue weighted by Gasteiger charge is 2.38. The number of hydrogen-bond donors (Lipinski definition) is 3. The average Bonchev–Trinajstić information content (AvgIpc) is 3.68. The van der Waals surface area contributed by atoms with Gasteiger partial charge in [0.25, 0.3) is 0 Å². The van der Waals surface area contributed by atoms with Crippen molar-refractivity contribution in [2.45, 2.75) is 63.7 Å². The third-order valence-corrected chi connectivity index (χ3v) is 7.25. The molecule has 3 aromatic rings. The molecule has 1 fully saturated rings. The predicted molar refractivity (Wildman–Crippen MR) is 147 cm³/mol. The molecule has 0 bridgehead atoms. The lowest BCUT2D eigenvalue weighted by Crippen LogP contribution is -2.35. The highest BCUT2D eigenvalue weighted by atomic mass is 16.5. The van der Waals surface area contributed by atoms with E-state index in [0.717, 1.165) is 29.5 Å². The molecule has 0 radical (unpaired) electrons. The van der Waals surface area contributed by atoms with Crippen molar-refractivity contribution in [1.82, 2.24) is 4.98 Å². The number of rotatable bonds is 11. The number of hydrogen-bond acceptors (Lipinski definition) is 8. The fourth-order valence-electron chi connectivity index (χ4n) is 4.63. The van der Waals surface area contributed by atoms with Gasteiger partial charge in [-0.15, -0.1) is 0 Å². The standard InChI is InChI=1S/C31H36N2O6/c1-19-4-6-20(7-5-19)28-29-23(30(2,32)18-38-29)17-27(33-28)31(3,36)13-12-24(35)21-8-11-25(37-15-14-34)26(16-21)39-22-9-10-22/h4-8,11,16-17,22,34,36H,9-10,12-15,18,32H2,1-3H3. The summed E-state index contributed by atoms with van der Waals surface area (Å²) in [6.45, 7) is 5.93. The molecule has 8 nitrogen and oxygen atoms in total. The van der Waals surface area contributed by atoms with Gasteiger partial charge in [0, 0.05) is 23.1 Å². The number of nitrogens with two attached hydrogens (primary N) is 1. The summed E-state index contributed by atoms with van der Waals surface area (Å²) in [5.74, 6) is 1.49. The number of aliphatic hydroxyl groups excluding tert-OH is 1. The van der Waals surface area contributed by atoms with Gasteiger partial charge < -0.3 is 30.2 Å². The summed E-state index contributed by atoms with van der Waals surface area (Å²) in [4.78, 5) is 18.0. The van der Waals surface area contributed by atoms with Gasteiger partial charge in [0.05, 0.1) is 23.9 Å². The lowest BCUT2D eigenvalue weighted by Gasteiger charge is -2.25. The molecule has 0 spiro atoms. The number of carbonyl (C=O) groups excluding carboxylic acids is 1. The number of pyridine rings is 1. The van der Waals surface area contributed by atoms with Gasteiger partial charge >= 0.3 is 0 Å². The molecule has 2 unspecified atom stereocenters. The van der Waals surface area contributed by atoms with Crippen LogP contribution in [0.25, 0.3) is 11.3 Å². The second-order valence-corrected chi connectivity index (χ2v) is 11.1. The van der Waals surface area contributed by atoms with Crippen LogP contribution < -0.4 is 19.9 Å². The summed E-state index contributed by atoms with van der Waals surface area (Å²) in [6.07, 6.45) is 2.31. The quantitative estimate of drug-likeness (QED) is 0.310. The highest BCUT2D eigenvalue weighted by Crippen LogP contribution is 2.44. The number of aryl methyl sites for hydroxylation is 1. The van der Waals surface area contributed by atoms with Crippen LogP contribution in [0.15, 0.2) is 48.5 Å². The van der Waals surface area contributed by atoms with Crippen molar-refractivity contribution in [2.24, 2.45) is 5.73 Å². The van der Waals surface area contributed by atoms with Gasteiger partial charge in [0.15, 0.2) is 23.0 Å². The Kier molecular flexibility index (Phi) is 7.37. The summed E-state index contributed by atoms with van der Waals surface area (Å²) in [6, 6.07) is 14.8. The number of Topliss-reactive ketones (excluding diaryl/α,β-unsaturated/α-hetero) is 1. The SMILES string of the molecule is Cc1ccc(-c2nc(C(C)(O)CCC(=O)c3ccc(OCCO)c(OC4CC4)c3)cc3c2OCC3(C)N)cc1. The second kappa shape index (κ2) is 10.6. The second-order valence-electron chi connectivity index (χ2n) is 11.1. The largest absolute Gasteiger partial charge is 0.489 e. The van der Waals surface area contributed by atoms with Crippen LogP contribution in [0.2, 0.25) is 0 Å². The first-order valence-electron chi connectivity index (χ1n) is 13.4. The first-order valence-corrected chi connectivity index (χ1v) is 13.4. The summed E-state index contributed by atoms with van der Waals surface area (Å²) in [7, 11) is 0. The van der Waals surface area contributed by atoms with E-state index in [1.165, 1.54) is 0 Å². The fourth-order valence-corrected chi connectivity index (χ4v) is 4.63. The number of carbonyl (C=O) groups is 1. The van der Waals surface area contributed by atoms with E-state index in [0.29, 0.717) is 40.8 Å². The fraction of sp³-hybridized carbons (Fsp3) is 0.419. The van der Waals surface area contributed by atoms with Gasteiger partial charge in [-0.1, -0.05) is 29.8 Å². The van der Waals surface area contributed by atoms with Crippen LogP contribution in [0.1, 0.15) is 66.7 Å². The zero-order chi connectivity index (χ0) is 27.8. The van der Waals surface area contributed by atoms with Crippen LogP contribution in [0.5, 0.6) is 17.2 Å². The molecule has 206 valence electrons. The predicted octanol–water partition coefficient (Wildman–Crippen LogP) is 4.41. The minimum Gasteiger partial charge on any atom is -0.489 e. The molecular formula is C31H36N2O6. The Hall–Kier alpha value is -3.46. The zero-order valence-electron chi connectivity index (χ0n) is 22.7. The third kappa shape index (κ3) is 5.93. The van der Waals surface area contributed by atoms with Crippen LogP contribution >= 0.6 is 0 Å². The molecule has 2 aliphatic rings. The molecule has 39 heavy (non-hydrogen) atoms. The summed E-state index contributed by atoms with van der Waals surface area (Å²) in [5.41, 5.74) is 8.76. The van der Waals surface area contributed by atoms with Crippen molar-refractivity contribution in [1.29, 1.82) is 0 Å². The number of ether oxygens (including phenoxy) is 3. The molecule has 1 saturated carbocycles. The van der Waals surface area contributed by atoms with Crippen molar-refractivity contribution >= 4 is 5.78 Å². The lowest BCUT2D eigenvalue weighted by atomic mass is 9.88. The molecule has 1 aliphatic carbocycles. The van der Waals surface area contributed by atoms with E-state index in [2.05, 4.69) is 0 Å². The van der Waals surface area contributed by atoms with E-state index in [9.17, 15) is 9.90 Å². The Bertz CT molecular complexity index is 1360. The van der Waals surface area contributed by atoms with E-state index in [1.807, 2.05) is 38.1 Å². The average molecular weight is 533 g/mol. The Balaban J connectivity index is 1.39. The number of fused-ring (bicyclic) bond motifs is 1. The van der Waals surface area contributed by atoms with Gasteiger partial charge in [0.1, 0.15) is 24.5 Å². The molecule has 0 amide bonds. The van der Waals surface area contributed by atoms with Crippen LogP contribution in [-0.4, -0.2) is 46.9 Å². The zero-order valence-corrected chi connectivity index (χ0v) is 22.7. The molecule has 8 heteroatoms. The number of nitrogens with zero attached hydrogens (tertiary/aromatic N) is 1. The normalized spacial score (nSPS) is 19.6. The lowest BCUT2D eigenvalue weighted by molar-refractivity contribution is 0.0396. The molecule has 2 atom stereocenters. The van der Waals surface area contributed by atoms with Crippen LogP contribution in [0, 0.1) is 6.92 Å². The molecule has 2 aromatic carbocycles. The maximum absolute atomic E-state index is 13.2. The number of aromatic nitrogens is 1. The Morgan fingerprint density at radius 3 is 2.62 bits per heavy atom. The van der Waals surface area contributed by atoms with Crippen molar-refractivity contribution in [3.63, 3.8) is 0 Å². The van der Waals surface area contributed by atoms with Gasteiger partial charge in [0.2, 0.25) is 0 Å². The summed E-state index contributed by atoms with van der Waals surface area (Å²) >= 11 is 0. The minimum atomic E-state index is -1.39. The van der Waals surface area contributed by atoms with Gasteiger partial charge in [-0.05, 0) is 64.3 Å². The van der Waals surface area contributed by atoms with E-state index in [-0.39, 0.29) is 37.9 Å². The van der Waals surface area contributed by atoms with Crippen molar-refractivity contribution in [3.05, 3.63) is 70.9 Å². The van der Waals surface area contributed by atoms with Crippen molar-refractivity contribution in [3.8, 4) is 28.5 Å². The Morgan fingerprint density at radius 2 is 1.92 bits per heavy atom. The number of ketones is 1. The number of benzene rings is 2. The molecule has 0 saturated heterocycles. The van der Waals surface area contributed by atoms with E-state index in [1.54, 1.807) is 31.2 Å². The summed E-state index contributed by atoms with van der Waals surface area (Å²) < 4.78 is 17.5. The molecular weight excluding hydrogens is 496 g/mol. The Morgan fingerprint density at radius 1 is 1.18 bits per heavy atom. The Labute approximate surface area is 228 Å². The monoisotopic (exact) mass is 532 g/mol. The van der Waals surface area contributed by atoms with Crippen molar-refractivity contribution in [2.75, 3.05) is 19.8 Å². The summed E-state index contributed by atoms with van der Waals surface area (Å²) in [5, 5.41) is 20.7. The topological polar surface area (TPSA) is 124 Å². The molecule has 2 heterocycles. The first kappa shape index (κ1) is 27.1. The molecule has 1 aliphatic heterocycles. The smallest absolute Gasteiger partial charge is 0.163 e. The van der Waals surface area contributed by atoms with Gasteiger partial charge in [-0.3, -0.25) is 4.79 Å². The van der Waals surface area contributed by atoms with Gasteiger partial charge in [-0.25, -0.2) is 4.98 Å². The minimum absolute atomic E-state index is 0.0989. The van der Waals surface area contributed by atoms with Crippen molar-refractivity contribution < 1.29 is 29.2 Å².